The highest BCUT2D eigenvalue weighted by molar-refractivity contribution is 5.96. The molecule has 0 heterocycles. The van der Waals surface area contributed by atoms with Gasteiger partial charge in [0.2, 0.25) is 6.04 Å². The van der Waals surface area contributed by atoms with Crippen molar-refractivity contribution >= 4 is 29.2 Å². The van der Waals surface area contributed by atoms with Crippen LogP contribution in [-0.4, -0.2) is 61.7 Å². The zero-order valence-corrected chi connectivity index (χ0v) is 17.3. The van der Waals surface area contributed by atoms with Crippen LogP contribution >= 0.6 is 0 Å². The van der Waals surface area contributed by atoms with Crippen LogP contribution in [0.2, 0.25) is 0 Å². The number of aliphatic hydroxyl groups is 3. The number of Topliss-reactive ketones (excluding diaryl/α,β-unsaturated/α-hetero) is 3. The van der Waals surface area contributed by atoms with Gasteiger partial charge in [-0.1, -0.05) is 18.2 Å². The van der Waals surface area contributed by atoms with Crippen molar-refractivity contribution in [3.8, 4) is 0 Å². The van der Waals surface area contributed by atoms with Gasteiger partial charge in [0.15, 0.2) is 0 Å². The van der Waals surface area contributed by atoms with Gasteiger partial charge in [-0.25, -0.2) is 4.79 Å². The van der Waals surface area contributed by atoms with Crippen molar-refractivity contribution in [1.29, 1.82) is 0 Å². The third kappa shape index (κ3) is 25.1. The average molecular weight is 415 g/mol. The monoisotopic (exact) mass is 415 g/mol. The van der Waals surface area contributed by atoms with Crippen molar-refractivity contribution < 1.29 is 44.4 Å². The third-order valence-electron chi connectivity index (χ3n) is 1.95. The standard InChI is InChI=1S/C10H11NO6.3C3H6O/c12-8(6-4-2-1-3-5-6)11-7(9(13)14)10(15,16)17;3*1-3(2)4/h1-5,7,15-17H,(H,11,12)(H,13,14);3*1-2H3/t7-;;;/m1.../s1. The van der Waals surface area contributed by atoms with Crippen molar-refractivity contribution in [3.63, 3.8) is 0 Å². The molecule has 1 aromatic carbocycles. The largest absolute Gasteiger partial charge is 0.479 e. The molecular weight excluding hydrogens is 386 g/mol. The molecule has 5 N–H and O–H groups in total. The van der Waals surface area contributed by atoms with E-state index in [1.807, 2.05) is 0 Å². The van der Waals surface area contributed by atoms with Crippen LogP contribution in [0.4, 0.5) is 0 Å². The van der Waals surface area contributed by atoms with Crippen molar-refractivity contribution in [2.45, 2.75) is 53.6 Å². The first kappa shape index (κ1) is 30.8. The molecule has 0 saturated carbocycles. The number of benzene rings is 1. The zero-order chi connectivity index (χ0) is 23.8. The van der Waals surface area contributed by atoms with Crippen molar-refractivity contribution in [2.24, 2.45) is 0 Å². The van der Waals surface area contributed by atoms with Crippen LogP contribution in [0.25, 0.3) is 0 Å². The lowest BCUT2D eigenvalue weighted by atomic mass is 10.2. The van der Waals surface area contributed by atoms with Crippen LogP contribution in [-0.2, 0) is 19.2 Å². The van der Waals surface area contributed by atoms with Gasteiger partial charge >= 0.3 is 11.9 Å². The van der Waals surface area contributed by atoms with Gasteiger partial charge in [0.25, 0.3) is 5.91 Å². The fourth-order valence-electron chi connectivity index (χ4n) is 1.13. The van der Waals surface area contributed by atoms with Crippen LogP contribution in [0.15, 0.2) is 30.3 Å². The van der Waals surface area contributed by atoms with Crippen LogP contribution in [0.3, 0.4) is 0 Å². The number of ketones is 3. The van der Waals surface area contributed by atoms with Crippen molar-refractivity contribution in [3.05, 3.63) is 35.9 Å². The number of nitrogens with one attached hydrogen (secondary N) is 1. The Kier molecular flexibility index (Phi) is 17.0. The second-order valence-electron chi connectivity index (χ2n) is 6.02. The number of hydrogen-bond acceptors (Lipinski definition) is 8. The van der Waals surface area contributed by atoms with E-state index in [1.165, 1.54) is 53.7 Å². The molecule has 164 valence electrons. The Bertz CT molecular complexity index is 623. The van der Waals surface area contributed by atoms with E-state index in [9.17, 15) is 24.0 Å². The van der Waals surface area contributed by atoms with E-state index in [-0.39, 0.29) is 22.9 Å². The average Bonchev–Trinajstić information content (AvgIpc) is 2.50. The summed E-state index contributed by atoms with van der Waals surface area (Å²) < 4.78 is 0. The number of carbonyl (C=O) groups excluding carboxylic acids is 4. The highest BCUT2D eigenvalue weighted by atomic mass is 16.7. The predicted octanol–water partition coefficient (Wildman–Crippen LogP) is 0.286. The molecule has 0 aliphatic rings. The topological polar surface area (TPSA) is 178 Å². The summed E-state index contributed by atoms with van der Waals surface area (Å²) in [6.45, 7) is 9.17. The van der Waals surface area contributed by atoms with Gasteiger partial charge in [0.1, 0.15) is 17.3 Å². The Balaban J connectivity index is -0.000000462. The van der Waals surface area contributed by atoms with Crippen LogP contribution in [0, 0.1) is 0 Å². The summed E-state index contributed by atoms with van der Waals surface area (Å²) in [6.07, 6.45) is 0. The highest BCUT2D eigenvalue weighted by Gasteiger charge is 2.40. The molecule has 0 aliphatic heterocycles. The summed E-state index contributed by atoms with van der Waals surface area (Å²) in [5, 5.41) is 36.7. The van der Waals surface area contributed by atoms with Gasteiger partial charge in [-0.05, 0) is 53.7 Å². The fraction of sp³-hybridized carbons (Fsp3) is 0.421. The Hall–Kier alpha value is -2.95. The summed E-state index contributed by atoms with van der Waals surface area (Å²) in [5.74, 6) is -5.66. The third-order valence-corrected chi connectivity index (χ3v) is 1.95. The van der Waals surface area contributed by atoms with Gasteiger partial charge in [0.05, 0.1) is 0 Å². The first-order valence-corrected chi connectivity index (χ1v) is 8.19. The molecule has 1 atom stereocenters. The Labute approximate surface area is 169 Å². The van der Waals surface area contributed by atoms with E-state index in [1.54, 1.807) is 23.5 Å². The second-order valence-corrected chi connectivity index (χ2v) is 6.02. The van der Waals surface area contributed by atoms with Crippen molar-refractivity contribution in [1.82, 2.24) is 5.32 Å². The number of amides is 1. The summed E-state index contributed by atoms with van der Waals surface area (Å²) in [5.41, 5.74) is 0.128. The summed E-state index contributed by atoms with van der Waals surface area (Å²) >= 11 is 0. The minimum Gasteiger partial charge on any atom is -0.479 e. The maximum Gasteiger partial charge on any atom is 0.334 e. The molecule has 29 heavy (non-hydrogen) atoms. The number of carboxylic acids is 1. The quantitative estimate of drug-likeness (QED) is 0.432. The molecule has 1 rings (SSSR count). The molecule has 0 aliphatic carbocycles. The molecule has 1 aromatic rings. The fourth-order valence-corrected chi connectivity index (χ4v) is 1.13. The highest BCUT2D eigenvalue weighted by Crippen LogP contribution is 2.05. The minimum atomic E-state index is -3.53. The molecule has 0 aromatic heterocycles. The number of rotatable bonds is 4. The van der Waals surface area contributed by atoms with Gasteiger partial charge in [0, 0.05) is 5.56 Å². The van der Waals surface area contributed by atoms with Gasteiger partial charge < -0.3 is 40.1 Å². The molecule has 0 radical (unpaired) electrons. The first-order chi connectivity index (χ1) is 13.0. The Morgan fingerprint density at radius 1 is 0.759 bits per heavy atom. The Morgan fingerprint density at radius 3 is 1.31 bits per heavy atom. The van der Waals surface area contributed by atoms with Crippen LogP contribution < -0.4 is 5.32 Å². The normalized spacial score (nSPS) is 10.2. The number of carbonyl (C=O) groups is 5. The molecule has 1 amide bonds. The van der Waals surface area contributed by atoms with Crippen molar-refractivity contribution in [2.75, 3.05) is 0 Å². The molecule has 10 nitrogen and oxygen atoms in total. The summed E-state index contributed by atoms with van der Waals surface area (Å²) in [4.78, 5) is 50.4. The molecule has 0 unspecified atom stereocenters. The smallest absolute Gasteiger partial charge is 0.334 e. The summed E-state index contributed by atoms with van der Waals surface area (Å²) in [6, 6.07) is 5.32. The minimum absolute atomic E-state index is 0.128. The van der Waals surface area contributed by atoms with Gasteiger partial charge in [-0.15, -0.1) is 0 Å². The van der Waals surface area contributed by atoms with E-state index in [4.69, 9.17) is 20.4 Å². The molecule has 10 heteroatoms. The lowest BCUT2D eigenvalue weighted by molar-refractivity contribution is -0.322. The molecule has 0 spiro atoms. The van der Waals surface area contributed by atoms with E-state index in [2.05, 4.69) is 0 Å². The molecule has 0 fully saturated rings. The molecular formula is C19H29NO9. The number of hydrogen-bond donors (Lipinski definition) is 5. The maximum absolute atomic E-state index is 11.5. The lowest BCUT2D eigenvalue weighted by Gasteiger charge is -2.23. The zero-order valence-electron chi connectivity index (χ0n) is 17.3. The van der Waals surface area contributed by atoms with Crippen LogP contribution in [0.1, 0.15) is 51.9 Å². The van der Waals surface area contributed by atoms with E-state index >= 15 is 0 Å². The molecule has 0 bridgehead atoms. The maximum atomic E-state index is 11.5. The summed E-state index contributed by atoms with van der Waals surface area (Å²) in [7, 11) is 0. The van der Waals surface area contributed by atoms with E-state index < -0.39 is 23.9 Å². The number of carboxylic acid groups (broad SMARTS) is 1. The lowest BCUT2D eigenvalue weighted by Crippen LogP contribution is -2.57. The Morgan fingerprint density at radius 2 is 1.07 bits per heavy atom. The van der Waals surface area contributed by atoms with E-state index in [0.29, 0.717) is 0 Å². The van der Waals surface area contributed by atoms with Crippen LogP contribution in [0.5, 0.6) is 0 Å². The van der Waals surface area contributed by atoms with Gasteiger partial charge in [-0.3, -0.25) is 4.79 Å². The number of aliphatic carboxylic acids is 1. The predicted molar refractivity (Wildman–Crippen MR) is 104 cm³/mol. The first-order valence-electron chi connectivity index (χ1n) is 8.19. The van der Waals surface area contributed by atoms with Gasteiger partial charge in [-0.2, -0.15) is 0 Å². The SMILES string of the molecule is CC(C)=O.CC(C)=O.CC(C)=O.O=C(N[C@H](C(=O)O)C(O)(O)O)c1ccccc1. The second kappa shape index (κ2) is 16.0. The molecule has 0 saturated heterocycles. The van der Waals surface area contributed by atoms with E-state index in [0.717, 1.165) is 0 Å².